The second-order valence-electron chi connectivity index (χ2n) is 7.95. The molecule has 1 heterocycles. The van der Waals surface area contributed by atoms with E-state index in [9.17, 15) is 9.90 Å². The molecule has 3 atom stereocenters. The SMILES string of the molecule is COC(=O)N1C[C@@H](c2ccc(OC)c(OCC#Cc3ccccc3)c2)[C@](C)([C@@H](C)O)C1. The summed E-state index contributed by atoms with van der Waals surface area (Å²) >= 11 is 0. The highest BCUT2D eigenvalue weighted by molar-refractivity contribution is 5.68. The number of amides is 1. The zero-order valence-corrected chi connectivity index (χ0v) is 18.4. The summed E-state index contributed by atoms with van der Waals surface area (Å²) < 4.78 is 16.3. The third kappa shape index (κ3) is 4.95. The lowest BCUT2D eigenvalue weighted by Crippen LogP contribution is -2.38. The molecule has 0 unspecified atom stereocenters. The minimum absolute atomic E-state index is 0.0877. The molecular formula is C25H29NO5. The van der Waals surface area contributed by atoms with E-state index in [0.717, 1.165) is 11.1 Å². The summed E-state index contributed by atoms with van der Waals surface area (Å²) in [5.74, 6) is 7.18. The molecule has 1 fully saturated rings. The number of nitrogens with zero attached hydrogens (tertiary/aromatic N) is 1. The molecule has 0 radical (unpaired) electrons. The molecule has 0 bridgehead atoms. The largest absolute Gasteiger partial charge is 0.493 e. The number of methoxy groups -OCH3 is 2. The summed E-state index contributed by atoms with van der Waals surface area (Å²) in [4.78, 5) is 13.8. The molecule has 1 N–H and O–H groups in total. The number of carbonyl (C=O) groups is 1. The Balaban J connectivity index is 1.83. The third-order valence-electron chi connectivity index (χ3n) is 6.01. The van der Waals surface area contributed by atoms with Crippen LogP contribution in [0.25, 0.3) is 0 Å². The van der Waals surface area contributed by atoms with Crippen LogP contribution < -0.4 is 9.47 Å². The maximum absolute atomic E-state index is 12.1. The van der Waals surface area contributed by atoms with Crippen LogP contribution in [-0.2, 0) is 4.74 Å². The van der Waals surface area contributed by atoms with Gasteiger partial charge in [-0.15, -0.1) is 0 Å². The van der Waals surface area contributed by atoms with E-state index in [0.29, 0.717) is 24.6 Å². The highest BCUT2D eigenvalue weighted by Gasteiger charge is 2.48. The fourth-order valence-corrected chi connectivity index (χ4v) is 3.99. The van der Waals surface area contributed by atoms with E-state index in [2.05, 4.69) is 11.8 Å². The molecule has 6 nitrogen and oxygen atoms in total. The Labute approximate surface area is 183 Å². The van der Waals surface area contributed by atoms with Gasteiger partial charge in [0.1, 0.15) is 6.61 Å². The number of ether oxygens (including phenoxy) is 3. The second kappa shape index (κ2) is 9.76. The van der Waals surface area contributed by atoms with Crippen molar-refractivity contribution in [2.75, 3.05) is 33.9 Å². The number of hydrogen-bond acceptors (Lipinski definition) is 5. The quantitative estimate of drug-likeness (QED) is 0.743. The molecule has 0 saturated carbocycles. The zero-order valence-electron chi connectivity index (χ0n) is 18.4. The molecule has 2 aromatic rings. The highest BCUT2D eigenvalue weighted by Crippen LogP contribution is 2.46. The van der Waals surface area contributed by atoms with Crippen molar-refractivity contribution in [2.45, 2.75) is 25.9 Å². The van der Waals surface area contributed by atoms with Crippen molar-refractivity contribution in [2.24, 2.45) is 5.41 Å². The van der Waals surface area contributed by atoms with Gasteiger partial charge >= 0.3 is 6.09 Å². The molecule has 0 aromatic heterocycles. The molecule has 2 aromatic carbocycles. The summed E-state index contributed by atoms with van der Waals surface area (Å²) in [6, 6.07) is 15.4. The Hall–Kier alpha value is -3.17. The Morgan fingerprint density at radius 1 is 1.23 bits per heavy atom. The zero-order chi connectivity index (χ0) is 22.4. The van der Waals surface area contributed by atoms with Crippen LogP contribution in [0.5, 0.6) is 11.5 Å². The molecule has 164 valence electrons. The molecule has 6 heteroatoms. The molecule has 1 amide bonds. The monoisotopic (exact) mass is 423 g/mol. The lowest BCUT2D eigenvalue weighted by Gasteiger charge is -2.33. The van der Waals surface area contributed by atoms with Gasteiger partial charge in [-0.3, -0.25) is 0 Å². The molecular weight excluding hydrogens is 394 g/mol. The van der Waals surface area contributed by atoms with Gasteiger partial charge in [0, 0.05) is 30.0 Å². The van der Waals surface area contributed by atoms with Crippen molar-refractivity contribution in [1.82, 2.24) is 4.90 Å². The fraction of sp³-hybridized carbons (Fsp3) is 0.400. The van der Waals surface area contributed by atoms with Crippen LogP contribution in [0.1, 0.15) is 30.9 Å². The molecule has 31 heavy (non-hydrogen) atoms. The first kappa shape index (κ1) is 22.5. The first-order valence-corrected chi connectivity index (χ1v) is 10.2. The average Bonchev–Trinajstić information content (AvgIpc) is 3.15. The lowest BCUT2D eigenvalue weighted by atomic mass is 9.72. The number of aliphatic hydroxyl groups excluding tert-OH is 1. The maximum atomic E-state index is 12.1. The third-order valence-corrected chi connectivity index (χ3v) is 6.01. The molecule has 0 aliphatic carbocycles. The van der Waals surface area contributed by atoms with Crippen molar-refractivity contribution in [3.05, 3.63) is 59.7 Å². The summed E-state index contributed by atoms with van der Waals surface area (Å²) in [7, 11) is 2.96. The minimum Gasteiger partial charge on any atom is -0.493 e. The van der Waals surface area contributed by atoms with Gasteiger partial charge in [0.05, 0.1) is 20.3 Å². The van der Waals surface area contributed by atoms with E-state index in [1.165, 1.54) is 7.11 Å². The molecule has 1 saturated heterocycles. The Kier molecular flexibility index (Phi) is 7.09. The topological polar surface area (TPSA) is 68.2 Å². The number of hydrogen-bond donors (Lipinski definition) is 1. The van der Waals surface area contributed by atoms with Crippen molar-refractivity contribution in [3.8, 4) is 23.3 Å². The van der Waals surface area contributed by atoms with Gasteiger partial charge in [-0.1, -0.05) is 43.0 Å². The first-order chi connectivity index (χ1) is 14.9. The Morgan fingerprint density at radius 2 is 1.97 bits per heavy atom. The Bertz CT molecular complexity index is 963. The lowest BCUT2D eigenvalue weighted by molar-refractivity contribution is 0.0470. The number of rotatable bonds is 5. The summed E-state index contributed by atoms with van der Waals surface area (Å²) in [5, 5.41) is 10.5. The van der Waals surface area contributed by atoms with E-state index < -0.39 is 17.6 Å². The summed E-state index contributed by atoms with van der Waals surface area (Å²) in [6.07, 6.45) is -1.01. The minimum atomic E-state index is -0.615. The van der Waals surface area contributed by atoms with Crippen LogP contribution in [0.3, 0.4) is 0 Å². The van der Waals surface area contributed by atoms with E-state index in [1.807, 2.05) is 55.5 Å². The summed E-state index contributed by atoms with van der Waals surface area (Å²) in [6.45, 7) is 4.82. The predicted molar refractivity (Wildman–Crippen MR) is 118 cm³/mol. The molecule has 0 spiro atoms. The van der Waals surface area contributed by atoms with Crippen molar-refractivity contribution >= 4 is 6.09 Å². The van der Waals surface area contributed by atoms with E-state index >= 15 is 0 Å². The molecule has 1 aliphatic heterocycles. The van der Waals surface area contributed by atoms with Crippen LogP contribution >= 0.6 is 0 Å². The smallest absolute Gasteiger partial charge is 0.409 e. The van der Waals surface area contributed by atoms with Crippen LogP contribution in [0.2, 0.25) is 0 Å². The Morgan fingerprint density at radius 3 is 2.61 bits per heavy atom. The van der Waals surface area contributed by atoms with Gasteiger partial charge in [0.2, 0.25) is 0 Å². The number of benzene rings is 2. The van der Waals surface area contributed by atoms with Crippen molar-refractivity contribution in [3.63, 3.8) is 0 Å². The van der Waals surface area contributed by atoms with E-state index in [-0.39, 0.29) is 12.5 Å². The van der Waals surface area contributed by atoms with Crippen molar-refractivity contribution in [1.29, 1.82) is 0 Å². The van der Waals surface area contributed by atoms with Gasteiger partial charge in [-0.2, -0.15) is 0 Å². The van der Waals surface area contributed by atoms with Gasteiger partial charge in [-0.25, -0.2) is 4.79 Å². The molecule has 1 aliphatic rings. The standard InChI is InChI=1S/C25H29NO5/c1-18(27)25(2)17-26(24(28)30-4)16-21(25)20-12-13-22(29-3)23(15-20)31-14-8-11-19-9-6-5-7-10-19/h5-7,9-10,12-13,15,18,21,27H,14,16-17H2,1-4H3/t18-,21+,25+/m1/s1. The van der Waals surface area contributed by atoms with Crippen LogP contribution in [0.15, 0.2) is 48.5 Å². The number of carbonyl (C=O) groups excluding carboxylic acids is 1. The van der Waals surface area contributed by atoms with Gasteiger partial charge < -0.3 is 24.2 Å². The van der Waals surface area contributed by atoms with E-state index in [1.54, 1.807) is 18.9 Å². The van der Waals surface area contributed by atoms with Gasteiger partial charge in [0.15, 0.2) is 11.5 Å². The van der Waals surface area contributed by atoms with Crippen LogP contribution in [0, 0.1) is 17.3 Å². The first-order valence-electron chi connectivity index (χ1n) is 10.2. The maximum Gasteiger partial charge on any atom is 0.409 e. The fourth-order valence-electron chi connectivity index (χ4n) is 3.99. The van der Waals surface area contributed by atoms with E-state index in [4.69, 9.17) is 14.2 Å². The average molecular weight is 424 g/mol. The second-order valence-corrected chi connectivity index (χ2v) is 7.95. The van der Waals surface area contributed by atoms with Gasteiger partial charge in [-0.05, 0) is 36.8 Å². The normalized spacial score (nSPS) is 21.1. The number of aliphatic hydroxyl groups is 1. The number of likely N-dealkylation sites (tertiary alicyclic amines) is 1. The van der Waals surface area contributed by atoms with Crippen LogP contribution in [-0.4, -0.2) is 56.1 Å². The van der Waals surface area contributed by atoms with Crippen molar-refractivity contribution < 1.29 is 24.1 Å². The highest BCUT2D eigenvalue weighted by atomic mass is 16.5. The predicted octanol–water partition coefficient (Wildman–Crippen LogP) is 3.68. The van der Waals surface area contributed by atoms with Crippen LogP contribution in [0.4, 0.5) is 4.79 Å². The molecule has 3 rings (SSSR count). The summed E-state index contributed by atoms with van der Waals surface area (Å²) in [5.41, 5.74) is 1.36. The van der Waals surface area contributed by atoms with Gasteiger partial charge in [0.25, 0.3) is 0 Å².